The predicted molar refractivity (Wildman–Crippen MR) is 87.2 cm³/mol. The zero-order valence-electron chi connectivity index (χ0n) is 14.0. The van der Waals surface area contributed by atoms with Crippen LogP contribution in [0.3, 0.4) is 0 Å². The molecule has 3 rings (SSSR count). The zero-order chi connectivity index (χ0) is 18.0. The van der Waals surface area contributed by atoms with Crippen molar-refractivity contribution in [1.82, 2.24) is 30.0 Å². The van der Waals surface area contributed by atoms with E-state index in [1.807, 2.05) is 11.6 Å². The lowest BCUT2D eigenvalue weighted by molar-refractivity contribution is -0.145. The van der Waals surface area contributed by atoms with Gasteiger partial charge in [-0.25, -0.2) is 9.97 Å². The van der Waals surface area contributed by atoms with E-state index >= 15 is 0 Å². The minimum absolute atomic E-state index is 0.329. The van der Waals surface area contributed by atoms with Gasteiger partial charge >= 0.3 is 6.18 Å². The SMILES string of the molecule is Cc1nc(C(F)(F)F)ncc1CSc1nnc(C2CCNCC2)n1C. The number of aromatic nitrogens is 5. The first-order chi connectivity index (χ1) is 11.9. The second-order valence-electron chi connectivity index (χ2n) is 6.01. The Bertz CT molecular complexity index is 739. The zero-order valence-corrected chi connectivity index (χ0v) is 14.8. The molecule has 25 heavy (non-hydrogen) atoms. The maximum absolute atomic E-state index is 12.6. The molecule has 0 atom stereocenters. The fraction of sp³-hybridized carbons (Fsp3) is 0.600. The Labute approximate surface area is 147 Å². The fourth-order valence-corrected chi connectivity index (χ4v) is 3.75. The van der Waals surface area contributed by atoms with E-state index in [2.05, 4.69) is 25.5 Å². The minimum atomic E-state index is -4.52. The third-order valence-corrected chi connectivity index (χ3v) is 5.33. The second-order valence-corrected chi connectivity index (χ2v) is 6.96. The van der Waals surface area contributed by atoms with Crippen LogP contribution in [0.2, 0.25) is 0 Å². The lowest BCUT2D eigenvalue weighted by atomic mass is 9.97. The molecular formula is C15H19F3N6S. The quantitative estimate of drug-likeness (QED) is 0.833. The summed E-state index contributed by atoms with van der Waals surface area (Å²) < 4.78 is 39.9. The van der Waals surface area contributed by atoms with Gasteiger partial charge in [-0.2, -0.15) is 13.2 Å². The van der Waals surface area contributed by atoms with Crippen molar-refractivity contribution in [2.24, 2.45) is 7.05 Å². The summed E-state index contributed by atoms with van der Waals surface area (Å²) in [6, 6.07) is 0. The number of aryl methyl sites for hydroxylation is 1. The monoisotopic (exact) mass is 372 g/mol. The van der Waals surface area contributed by atoms with E-state index in [1.165, 1.54) is 18.0 Å². The molecule has 1 N–H and O–H groups in total. The third kappa shape index (κ3) is 4.12. The molecule has 10 heteroatoms. The van der Waals surface area contributed by atoms with Crippen LogP contribution in [-0.4, -0.2) is 37.8 Å². The number of rotatable bonds is 4. The first-order valence-electron chi connectivity index (χ1n) is 7.98. The summed E-state index contributed by atoms with van der Waals surface area (Å²) >= 11 is 1.42. The molecule has 0 amide bonds. The number of nitrogens with one attached hydrogen (secondary N) is 1. The van der Waals surface area contributed by atoms with Crippen LogP contribution in [0.1, 0.15) is 41.7 Å². The Morgan fingerprint density at radius 1 is 1.28 bits per heavy atom. The van der Waals surface area contributed by atoms with Crippen LogP contribution < -0.4 is 5.32 Å². The number of piperidine rings is 1. The molecule has 0 unspecified atom stereocenters. The molecular weight excluding hydrogens is 353 g/mol. The van der Waals surface area contributed by atoms with Crippen LogP contribution in [0.25, 0.3) is 0 Å². The number of nitrogens with zero attached hydrogens (tertiary/aromatic N) is 5. The highest BCUT2D eigenvalue weighted by Gasteiger charge is 2.34. The summed E-state index contributed by atoms with van der Waals surface area (Å²) in [5.41, 5.74) is 0.986. The molecule has 0 aromatic carbocycles. The number of hydrogen-bond acceptors (Lipinski definition) is 6. The Balaban J connectivity index is 1.69. The first kappa shape index (κ1) is 18.1. The Morgan fingerprint density at radius 3 is 2.64 bits per heavy atom. The van der Waals surface area contributed by atoms with Gasteiger partial charge in [0, 0.05) is 36.2 Å². The van der Waals surface area contributed by atoms with Crippen LogP contribution in [0.15, 0.2) is 11.4 Å². The van der Waals surface area contributed by atoms with E-state index in [-0.39, 0.29) is 0 Å². The number of thioether (sulfide) groups is 1. The first-order valence-corrected chi connectivity index (χ1v) is 8.97. The second kappa shape index (κ2) is 7.28. The van der Waals surface area contributed by atoms with E-state index < -0.39 is 12.0 Å². The number of hydrogen-bond donors (Lipinski definition) is 1. The molecule has 136 valence electrons. The molecule has 2 aromatic rings. The average Bonchev–Trinajstić information content (AvgIpc) is 2.94. The van der Waals surface area contributed by atoms with Crippen molar-refractivity contribution in [3.63, 3.8) is 0 Å². The van der Waals surface area contributed by atoms with Crippen molar-refractivity contribution in [2.45, 2.75) is 42.8 Å². The van der Waals surface area contributed by atoms with E-state index in [9.17, 15) is 13.2 Å². The van der Waals surface area contributed by atoms with E-state index in [0.29, 0.717) is 22.9 Å². The van der Waals surface area contributed by atoms with Gasteiger partial charge in [-0.15, -0.1) is 10.2 Å². The maximum Gasteiger partial charge on any atom is 0.451 e. The topological polar surface area (TPSA) is 68.5 Å². The molecule has 1 aliphatic heterocycles. The van der Waals surface area contributed by atoms with Gasteiger partial charge in [0.2, 0.25) is 5.82 Å². The van der Waals surface area contributed by atoms with Crippen LogP contribution in [-0.2, 0) is 19.0 Å². The summed E-state index contributed by atoms with van der Waals surface area (Å²) in [4.78, 5) is 6.98. The normalized spacial score (nSPS) is 16.4. The molecule has 2 aromatic heterocycles. The third-order valence-electron chi connectivity index (χ3n) is 4.26. The standard InChI is InChI=1S/C15H19F3N6S/c1-9-11(7-20-13(21-9)15(16,17)18)8-25-14-23-22-12(24(14)2)10-3-5-19-6-4-10/h7,10,19H,3-6,8H2,1-2H3. The molecule has 6 nitrogen and oxygen atoms in total. The number of halogens is 3. The smallest absolute Gasteiger partial charge is 0.317 e. The fourth-order valence-electron chi connectivity index (χ4n) is 2.80. The van der Waals surface area contributed by atoms with Gasteiger partial charge in [-0.3, -0.25) is 0 Å². The Morgan fingerprint density at radius 2 is 2.00 bits per heavy atom. The van der Waals surface area contributed by atoms with E-state index in [0.717, 1.165) is 36.9 Å². The van der Waals surface area contributed by atoms with Crippen molar-refractivity contribution in [1.29, 1.82) is 0 Å². The van der Waals surface area contributed by atoms with E-state index in [4.69, 9.17) is 0 Å². The van der Waals surface area contributed by atoms with Gasteiger partial charge in [0.1, 0.15) is 5.82 Å². The van der Waals surface area contributed by atoms with Crippen molar-refractivity contribution in [2.75, 3.05) is 13.1 Å². The van der Waals surface area contributed by atoms with Crippen molar-refractivity contribution in [3.05, 3.63) is 29.1 Å². The van der Waals surface area contributed by atoms with Gasteiger partial charge in [-0.1, -0.05) is 11.8 Å². The molecule has 1 fully saturated rings. The lowest BCUT2D eigenvalue weighted by Crippen LogP contribution is -2.27. The van der Waals surface area contributed by atoms with Crippen LogP contribution in [0, 0.1) is 6.92 Å². The highest BCUT2D eigenvalue weighted by atomic mass is 32.2. The molecule has 0 radical (unpaired) electrons. The van der Waals surface area contributed by atoms with Crippen LogP contribution in [0.5, 0.6) is 0 Å². The Hall–Kier alpha value is -1.68. The molecule has 0 spiro atoms. The number of alkyl halides is 3. The summed E-state index contributed by atoms with van der Waals surface area (Å²) in [5.74, 6) is 0.696. The van der Waals surface area contributed by atoms with Gasteiger partial charge < -0.3 is 9.88 Å². The molecule has 1 saturated heterocycles. The van der Waals surface area contributed by atoms with Crippen molar-refractivity contribution < 1.29 is 13.2 Å². The summed E-state index contributed by atoms with van der Waals surface area (Å²) in [6.07, 6.45) is -1.23. The van der Waals surface area contributed by atoms with Crippen molar-refractivity contribution >= 4 is 11.8 Å². The van der Waals surface area contributed by atoms with Gasteiger partial charge in [0.05, 0.1) is 0 Å². The minimum Gasteiger partial charge on any atom is -0.317 e. The highest BCUT2D eigenvalue weighted by Crippen LogP contribution is 2.29. The summed E-state index contributed by atoms with van der Waals surface area (Å²) in [6.45, 7) is 3.51. The average molecular weight is 372 g/mol. The van der Waals surface area contributed by atoms with Crippen LogP contribution in [0.4, 0.5) is 13.2 Å². The Kier molecular flexibility index (Phi) is 5.28. The summed E-state index contributed by atoms with van der Waals surface area (Å²) in [7, 11) is 1.93. The molecule has 0 bridgehead atoms. The molecule has 0 aliphatic carbocycles. The maximum atomic E-state index is 12.6. The molecule has 1 aliphatic rings. The predicted octanol–water partition coefficient (Wildman–Crippen LogP) is 2.69. The van der Waals surface area contributed by atoms with Crippen molar-refractivity contribution in [3.8, 4) is 0 Å². The van der Waals surface area contributed by atoms with Gasteiger partial charge in [0.25, 0.3) is 0 Å². The van der Waals surface area contributed by atoms with Gasteiger partial charge in [-0.05, 0) is 32.9 Å². The van der Waals surface area contributed by atoms with Gasteiger partial charge in [0.15, 0.2) is 5.16 Å². The summed E-state index contributed by atoms with van der Waals surface area (Å²) in [5, 5.41) is 12.6. The molecule has 3 heterocycles. The lowest BCUT2D eigenvalue weighted by Gasteiger charge is -2.21. The highest BCUT2D eigenvalue weighted by molar-refractivity contribution is 7.98. The van der Waals surface area contributed by atoms with E-state index in [1.54, 1.807) is 6.92 Å². The largest absolute Gasteiger partial charge is 0.451 e. The molecule has 0 saturated carbocycles. The van der Waals surface area contributed by atoms with Crippen LogP contribution >= 0.6 is 11.8 Å².